The topological polar surface area (TPSA) is 100 Å². The molecule has 0 aliphatic heterocycles. The van der Waals surface area contributed by atoms with E-state index in [0.717, 1.165) is 4.68 Å². The van der Waals surface area contributed by atoms with Gasteiger partial charge in [-0.1, -0.05) is 28.4 Å². The van der Waals surface area contributed by atoms with Gasteiger partial charge in [0, 0.05) is 11.6 Å². The van der Waals surface area contributed by atoms with Crippen LogP contribution in [0.4, 0.5) is 0 Å². The number of esters is 1. The highest BCUT2D eigenvalue weighted by atomic mass is 35.5. The highest BCUT2D eigenvalue weighted by Crippen LogP contribution is 2.22. The van der Waals surface area contributed by atoms with Gasteiger partial charge in [-0.05, 0) is 25.1 Å². The molecule has 0 radical (unpaired) electrons. The van der Waals surface area contributed by atoms with Gasteiger partial charge in [-0.2, -0.15) is 9.78 Å². The molecular weight excluding hydrogens is 371 g/mol. The Morgan fingerprint density at radius 1 is 1.24 bits per heavy atom. The number of nitrogens with zero attached hydrogens (tertiary/aromatic N) is 4. The number of carbonyl (C=O) groups excluding carboxylic acids is 2. The van der Waals surface area contributed by atoms with Crippen LogP contribution in [-0.4, -0.2) is 38.4 Å². The number of rotatable bonds is 4. The van der Waals surface area contributed by atoms with Crippen LogP contribution in [0.25, 0.3) is 11.5 Å². The van der Waals surface area contributed by atoms with Crippen molar-refractivity contribution < 1.29 is 18.8 Å². The molecule has 0 unspecified atom stereocenters. The Morgan fingerprint density at radius 2 is 1.96 bits per heavy atom. The lowest BCUT2D eigenvalue weighted by molar-refractivity contribution is 0.0514. The molecule has 0 fully saturated rings. The van der Waals surface area contributed by atoms with Crippen LogP contribution in [0.3, 0.4) is 0 Å². The molecule has 3 aromatic rings. The number of carbonyl (C=O) groups is 2. The lowest BCUT2D eigenvalue weighted by Gasteiger charge is -2.04. The third-order valence-corrected chi connectivity index (χ3v) is 3.48. The maximum absolute atomic E-state index is 12.7. The SMILES string of the molecule is CCOC(=O)c1cc(-c2ccnn2C(=O)c2cc(Cl)nc(Cl)c2)on1. The molecule has 8 nitrogen and oxygen atoms in total. The largest absolute Gasteiger partial charge is 0.461 e. The number of aromatic nitrogens is 4. The molecule has 3 aromatic heterocycles. The minimum Gasteiger partial charge on any atom is -0.461 e. The number of halogens is 2. The van der Waals surface area contributed by atoms with E-state index in [-0.39, 0.29) is 33.9 Å². The van der Waals surface area contributed by atoms with Gasteiger partial charge in [0.2, 0.25) is 0 Å². The van der Waals surface area contributed by atoms with Gasteiger partial charge in [0.1, 0.15) is 16.0 Å². The van der Waals surface area contributed by atoms with E-state index in [1.165, 1.54) is 30.5 Å². The van der Waals surface area contributed by atoms with Crippen LogP contribution in [0.5, 0.6) is 0 Å². The second-order valence-electron chi connectivity index (χ2n) is 4.73. The zero-order valence-corrected chi connectivity index (χ0v) is 14.3. The van der Waals surface area contributed by atoms with Gasteiger partial charge in [-0.25, -0.2) is 9.78 Å². The average molecular weight is 381 g/mol. The van der Waals surface area contributed by atoms with Crippen molar-refractivity contribution >= 4 is 35.1 Å². The molecule has 0 saturated heterocycles. The van der Waals surface area contributed by atoms with E-state index in [1.54, 1.807) is 6.92 Å². The molecule has 0 aliphatic carbocycles. The zero-order chi connectivity index (χ0) is 18.0. The van der Waals surface area contributed by atoms with E-state index >= 15 is 0 Å². The van der Waals surface area contributed by atoms with E-state index in [0.29, 0.717) is 5.69 Å². The molecule has 0 aromatic carbocycles. The maximum Gasteiger partial charge on any atom is 0.360 e. The first-order valence-electron chi connectivity index (χ1n) is 7.05. The van der Waals surface area contributed by atoms with Gasteiger partial charge < -0.3 is 9.26 Å². The molecule has 0 bridgehead atoms. The average Bonchev–Trinajstić information content (AvgIpc) is 3.22. The fourth-order valence-electron chi connectivity index (χ4n) is 2.06. The highest BCUT2D eigenvalue weighted by molar-refractivity contribution is 6.33. The van der Waals surface area contributed by atoms with Crippen molar-refractivity contribution in [1.29, 1.82) is 0 Å². The molecule has 3 heterocycles. The minimum atomic E-state index is -0.623. The first kappa shape index (κ1) is 17.1. The molecule has 0 atom stereocenters. The second-order valence-corrected chi connectivity index (χ2v) is 5.51. The molecule has 10 heteroatoms. The maximum atomic E-state index is 12.7. The van der Waals surface area contributed by atoms with Crippen LogP contribution < -0.4 is 0 Å². The normalized spacial score (nSPS) is 10.7. The smallest absolute Gasteiger partial charge is 0.360 e. The number of ether oxygens (including phenoxy) is 1. The molecular formula is C15H10Cl2N4O4. The van der Waals surface area contributed by atoms with Gasteiger partial charge in [-0.15, -0.1) is 0 Å². The van der Waals surface area contributed by atoms with Crippen molar-refractivity contribution in [2.75, 3.05) is 6.61 Å². The Labute approximate surface area is 151 Å². The Hall–Kier alpha value is -2.71. The number of pyridine rings is 1. The fourth-order valence-corrected chi connectivity index (χ4v) is 2.52. The minimum absolute atomic E-state index is 0.00736. The Morgan fingerprint density at radius 3 is 2.64 bits per heavy atom. The molecule has 0 N–H and O–H groups in total. The van der Waals surface area contributed by atoms with E-state index in [1.807, 2.05) is 0 Å². The summed E-state index contributed by atoms with van der Waals surface area (Å²) >= 11 is 11.6. The second kappa shape index (κ2) is 7.04. The van der Waals surface area contributed by atoms with Gasteiger partial charge >= 0.3 is 5.97 Å². The Bertz CT molecular complexity index is 930. The Balaban J connectivity index is 1.95. The zero-order valence-electron chi connectivity index (χ0n) is 12.8. The van der Waals surface area contributed by atoms with Gasteiger partial charge in [-0.3, -0.25) is 4.79 Å². The quantitative estimate of drug-likeness (QED) is 0.506. The van der Waals surface area contributed by atoms with Crippen molar-refractivity contribution in [2.24, 2.45) is 0 Å². The van der Waals surface area contributed by atoms with Crippen LogP contribution >= 0.6 is 23.2 Å². The molecule has 0 saturated carbocycles. The van der Waals surface area contributed by atoms with Crippen molar-refractivity contribution in [3.05, 3.63) is 52.0 Å². The van der Waals surface area contributed by atoms with Gasteiger partial charge in [0.15, 0.2) is 11.5 Å². The van der Waals surface area contributed by atoms with Crippen LogP contribution in [0.1, 0.15) is 27.8 Å². The molecule has 3 rings (SSSR count). The molecule has 128 valence electrons. The summed E-state index contributed by atoms with van der Waals surface area (Å²) in [6, 6.07) is 5.64. The predicted octanol–water partition coefficient (Wildman–Crippen LogP) is 3.11. The summed E-state index contributed by atoms with van der Waals surface area (Å²) in [7, 11) is 0. The number of hydrogen-bond donors (Lipinski definition) is 0. The third kappa shape index (κ3) is 3.54. The van der Waals surface area contributed by atoms with Crippen molar-refractivity contribution in [3.63, 3.8) is 0 Å². The summed E-state index contributed by atoms with van der Waals surface area (Å²) < 4.78 is 11.0. The van der Waals surface area contributed by atoms with Crippen LogP contribution in [-0.2, 0) is 4.74 Å². The van der Waals surface area contributed by atoms with Crippen molar-refractivity contribution in [1.82, 2.24) is 19.9 Å². The summed E-state index contributed by atoms with van der Waals surface area (Å²) in [6.07, 6.45) is 1.41. The van der Waals surface area contributed by atoms with Crippen molar-refractivity contribution in [2.45, 2.75) is 6.92 Å². The van der Waals surface area contributed by atoms with E-state index < -0.39 is 11.9 Å². The predicted molar refractivity (Wildman–Crippen MR) is 87.7 cm³/mol. The summed E-state index contributed by atoms with van der Waals surface area (Å²) in [5, 5.41) is 7.77. The van der Waals surface area contributed by atoms with Gasteiger partial charge in [0.25, 0.3) is 5.91 Å². The lowest BCUT2D eigenvalue weighted by Crippen LogP contribution is -2.15. The summed E-state index contributed by atoms with van der Waals surface area (Å²) in [6.45, 7) is 1.89. The summed E-state index contributed by atoms with van der Waals surface area (Å²) in [5.74, 6) is -0.942. The van der Waals surface area contributed by atoms with Crippen LogP contribution in [0.2, 0.25) is 10.3 Å². The number of hydrogen-bond acceptors (Lipinski definition) is 7. The third-order valence-electron chi connectivity index (χ3n) is 3.09. The highest BCUT2D eigenvalue weighted by Gasteiger charge is 2.21. The van der Waals surface area contributed by atoms with Crippen molar-refractivity contribution in [3.8, 4) is 11.5 Å². The standard InChI is InChI=1S/C15H10Cl2N4O4/c1-2-24-15(23)9-7-11(25-20-9)10-3-4-18-21(10)14(22)8-5-12(16)19-13(17)6-8/h3-7H,2H2,1H3. The van der Waals surface area contributed by atoms with Crippen LogP contribution in [0.15, 0.2) is 35.0 Å². The molecule has 0 aliphatic rings. The first-order valence-corrected chi connectivity index (χ1v) is 7.81. The van der Waals surface area contributed by atoms with E-state index in [2.05, 4.69) is 15.2 Å². The molecule has 0 spiro atoms. The van der Waals surface area contributed by atoms with Gasteiger partial charge in [0.05, 0.1) is 12.8 Å². The van der Waals surface area contributed by atoms with E-state index in [4.69, 9.17) is 32.5 Å². The Kier molecular flexibility index (Phi) is 4.82. The summed E-state index contributed by atoms with van der Waals surface area (Å²) in [5.41, 5.74) is 0.490. The first-order chi connectivity index (χ1) is 12.0. The van der Waals surface area contributed by atoms with E-state index in [9.17, 15) is 9.59 Å². The molecule has 25 heavy (non-hydrogen) atoms. The fraction of sp³-hybridized carbons (Fsp3) is 0.133. The summed E-state index contributed by atoms with van der Waals surface area (Å²) in [4.78, 5) is 28.1. The monoisotopic (exact) mass is 380 g/mol. The van der Waals surface area contributed by atoms with Crippen LogP contribution in [0, 0.1) is 0 Å². The lowest BCUT2D eigenvalue weighted by atomic mass is 10.2. The molecule has 0 amide bonds.